The summed E-state index contributed by atoms with van der Waals surface area (Å²) in [5.41, 5.74) is 4.00. The number of aromatic nitrogens is 3. The first-order valence-corrected chi connectivity index (χ1v) is 11.8. The fraction of sp³-hybridized carbons (Fsp3) is 0.217. The number of pyridine rings is 1. The minimum Gasteiger partial charge on any atom is -0.302 e. The first-order chi connectivity index (χ1) is 15.2. The summed E-state index contributed by atoms with van der Waals surface area (Å²) in [5, 5.41) is 6.38. The predicted molar refractivity (Wildman–Crippen MR) is 124 cm³/mol. The van der Waals surface area contributed by atoms with Gasteiger partial charge in [0, 0.05) is 42.5 Å². The van der Waals surface area contributed by atoms with Crippen LogP contribution in [0.15, 0.2) is 60.1 Å². The number of thiazole rings is 2. The molecular formula is C23H21N5OS2. The van der Waals surface area contributed by atoms with Crippen LogP contribution < -0.4 is 5.32 Å². The molecule has 0 bridgehead atoms. The number of rotatable bonds is 6. The van der Waals surface area contributed by atoms with Gasteiger partial charge in [-0.3, -0.25) is 14.7 Å². The highest BCUT2D eigenvalue weighted by atomic mass is 32.1. The molecule has 1 aromatic carbocycles. The quantitative estimate of drug-likeness (QED) is 0.474. The summed E-state index contributed by atoms with van der Waals surface area (Å²) in [6.07, 6.45) is 2.89. The average molecular weight is 448 g/mol. The van der Waals surface area contributed by atoms with Gasteiger partial charge in [0.05, 0.1) is 23.5 Å². The van der Waals surface area contributed by atoms with Crippen molar-refractivity contribution >= 4 is 33.7 Å². The maximum absolute atomic E-state index is 12.5. The second kappa shape index (κ2) is 9.05. The second-order valence-electron chi connectivity index (χ2n) is 7.42. The Bertz CT molecular complexity index is 1170. The van der Waals surface area contributed by atoms with E-state index in [-0.39, 0.29) is 12.3 Å². The molecule has 0 saturated heterocycles. The highest BCUT2D eigenvalue weighted by molar-refractivity contribution is 7.15. The Kier molecular flexibility index (Phi) is 5.84. The molecular weight excluding hydrogens is 426 g/mol. The fourth-order valence-corrected chi connectivity index (χ4v) is 5.46. The van der Waals surface area contributed by atoms with Crippen molar-refractivity contribution < 1.29 is 4.79 Å². The lowest BCUT2D eigenvalue weighted by Gasteiger charge is -2.25. The van der Waals surface area contributed by atoms with Crippen LogP contribution in [0.3, 0.4) is 0 Å². The van der Waals surface area contributed by atoms with Crippen molar-refractivity contribution in [2.24, 2.45) is 0 Å². The molecule has 0 fully saturated rings. The van der Waals surface area contributed by atoms with Crippen molar-refractivity contribution in [2.45, 2.75) is 25.9 Å². The van der Waals surface area contributed by atoms with Crippen molar-refractivity contribution in [1.82, 2.24) is 19.9 Å². The second-order valence-corrected chi connectivity index (χ2v) is 9.36. The van der Waals surface area contributed by atoms with Gasteiger partial charge in [0.15, 0.2) is 5.13 Å². The maximum Gasteiger partial charge on any atom is 0.232 e. The van der Waals surface area contributed by atoms with Gasteiger partial charge in [-0.15, -0.1) is 22.7 Å². The van der Waals surface area contributed by atoms with Crippen LogP contribution in [0.1, 0.15) is 21.8 Å². The van der Waals surface area contributed by atoms with Crippen LogP contribution in [-0.2, 0) is 30.7 Å². The lowest BCUT2D eigenvalue weighted by Crippen LogP contribution is -2.29. The molecule has 1 aliphatic heterocycles. The number of nitrogens with zero attached hydrogens (tertiary/aromatic N) is 4. The maximum atomic E-state index is 12.5. The van der Waals surface area contributed by atoms with Gasteiger partial charge < -0.3 is 5.32 Å². The Morgan fingerprint density at radius 1 is 1.10 bits per heavy atom. The number of fused-ring (bicyclic) bond motifs is 1. The van der Waals surface area contributed by atoms with Gasteiger partial charge in [-0.25, -0.2) is 9.97 Å². The highest BCUT2D eigenvalue weighted by Gasteiger charge is 2.21. The van der Waals surface area contributed by atoms with Crippen molar-refractivity contribution in [3.05, 3.63) is 81.9 Å². The normalized spacial score (nSPS) is 13.7. The number of amides is 1. The van der Waals surface area contributed by atoms with Crippen molar-refractivity contribution in [1.29, 1.82) is 0 Å². The van der Waals surface area contributed by atoms with Gasteiger partial charge in [-0.2, -0.15) is 0 Å². The fourth-order valence-electron chi connectivity index (χ4n) is 3.60. The van der Waals surface area contributed by atoms with Crippen molar-refractivity contribution in [3.8, 4) is 10.7 Å². The molecule has 0 aliphatic carbocycles. The largest absolute Gasteiger partial charge is 0.302 e. The molecule has 1 amide bonds. The van der Waals surface area contributed by atoms with Gasteiger partial charge in [0.1, 0.15) is 5.01 Å². The van der Waals surface area contributed by atoms with Gasteiger partial charge in [0.2, 0.25) is 5.91 Å². The molecule has 31 heavy (non-hydrogen) atoms. The molecule has 8 heteroatoms. The number of carbonyl (C=O) groups excluding carboxylic acids is 1. The molecule has 0 atom stereocenters. The van der Waals surface area contributed by atoms with Crippen LogP contribution in [0.25, 0.3) is 10.7 Å². The molecule has 1 N–H and O–H groups in total. The number of carbonyl (C=O) groups is 1. The third kappa shape index (κ3) is 4.87. The van der Waals surface area contributed by atoms with E-state index >= 15 is 0 Å². The third-order valence-electron chi connectivity index (χ3n) is 5.08. The molecule has 6 nitrogen and oxygen atoms in total. The summed E-state index contributed by atoms with van der Waals surface area (Å²) < 4.78 is 0. The zero-order valence-electron chi connectivity index (χ0n) is 16.8. The van der Waals surface area contributed by atoms with Crippen LogP contribution >= 0.6 is 22.7 Å². The topological polar surface area (TPSA) is 71.0 Å². The molecule has 0 radical (unpaired) electrons. The lowest BCUT2D eigenvalue weighted by atomic mass is 10.1. The van der Waals surface area contributed by atoms with Crippen LogP contribution in [0.4, 0.5) is 5.13 Å². The molecule has 4 aromatic rings. The number of hydrogen-bond donors (Lipinski definition) is 1. The molecule has 3 aromatic heterocycles. The first kappa shape index (κ1) is 20.0. The summed E-state index contributed by atoms with van der Waals surface area (Å²) in [7, 11) is 0. The average Bonchev–Trinajstić information content (AvgIpc) is 3.41. The van der Waals surface area contributed by atoms with E-state index in [1.807, 2.05) is 29.6 Å². The van der Waals surface area contributed by atoms with E-state index in [1.54, 1.807) is 17.5 Å². The number of nitrogens with one attached hydrogen (secondary N) is 1. The number of anilines is 1. The Labute approximate surface area is 188 Å². The molecule has 5 rings (SSSR count). The third-order valence-corrected chi connectivity index (χ3v) is 6.99. The van der Waals surface area contributed by atoms with Crippen LogP contribution in [-0.4, -0.2) is 32.3 Å². The summed E-state index contributed by atoms with van der Waals surface area (Å²) in [5.74, 6) is -0.0925. The molecule has 156 valence electrons. The highest BCUT2D eigenvalue weighted by Crippen LogP contribution is 2.29. The first-order valence-electron chi connectivity index (χ1n) is 10.1. The summed E-state index contributed by atoms with van der Waals surface area (Å²) in [4.78, 5) is 29.7. The molecule has 0 spiro atoms. The van der Waals surface area contributed by atoms with Crippen molar-refractivity contribution in [3.63, 3.8) is 0 Å². The smallest absolute Gasteiger partial charge is 0.232 e. The Hall–Kier alpha value is -2.94. The minimum atomic E-state index is -0.0925. The van der Waals surface area contributed by atoms with Crippen molar-refractivity contribution in [2.75, 3.05) is 11.9 Å². The number of benzene rings is 1. The summed E-state index contributed by atoms with van der Waals surface area (Å²) in [6, 6.07) is 16.2. The van der Waals surface area contributed by atoms with E-state index in [9.17, 15) is 4.79 Å². The van der Waals surface area contributed by atoms with E-state index in [2.05, 4.69) is 49.4 Å². The number of hydrogen-bond acceptors (Lipinski definition) is 7. The molecule has 0 unspecified atom stereocenters. The van der Waals surface area contributed by atoms with E-state index in [4.69, 9.17) is 0 Å². The van der Waals surface area contributed by atoms with Gasteiger partial charge in [0.25, 0.3) is 0 Å². The van der Waals surface area contributed by atoms with Crippen LogP contribution in [0.5, 0.6) is 0 Å². The van der Waals surface area contributed by atoms with Gasteiger partial charge in [-0.1, -0.05) is 36.4 Å². The Balaban J connectivity index is 1.19. The molecule has 0 saturated carbocycles. The molecule has 4 heterocycles. The van der Waals surface area contributed by atoms with Gasteiger partial charge >= 0.3 is 0 Å². The predicted octanol–water partition coefficient (Wildman–Crippen LogP) is 4.40. The van der Waals surface area contributed by atoms with E-state index < -0.39 is 0 Å². The Morgan fingerprint density at radius 2 is 1.97 bits per heavy atom. The summed E-state index contributed by atoms with van der Waals surface area (Å²) >= 11 is 3.08. The van der Waals surface area contributed by atoms with E-state index in [1.165, 1.54) is 21.8 Å². The zero-order valence-corrected chi connectivity index (χ0v) is 18.5. The molecule has 1 aliphatic rings. The van der Waals surface area contributed by atoms with Gasteiger partial charge in [-0.05, 0) is 17.7 Å². The summed E-state index contributed by atoms with van der Waals surface area (Å²) in [6.45, 7) is 2.79. The Morgan fingerprint density at radius 3 is 2.81 bits per heavy atom. The lowest BCUT2D eigenvalue weighted by molar-refractivity contribution is -0.115. The van der Waals surface area contributed by atoms with Crippen LogP contribution in [0, 0.1) is 0 Å². The SMILES string of the molecule is O=C(Cc1csc(-c2ccccn2)n1)Nc1nc2c(s1)CN(Cc1ccccc1)CC2. The van der Waals surface area contributed by atoms with E-state index in [0.717, 1.165) is 48.1 Å². The standard InChI is InChI=1S/C23H21N5OS2/c29-21(12-17-15-30-22(25-17)19-8-4-5-10-24-19)27-23-26-18-9-11-28(14-20(18)31-23)13-16-6-2-1-3-7-16/h1-8,10,15H,9,11-14H2,(H,26,27,29). The minimum absolute atomic E-state index is 0.0925. The zero-order chi connectivity index (χ0) is 21.0. The van der Waals surface area contributed by atoms with Crippen LogP contribution in [0.2, 0.25) is 0 Å². The monoisotopic (exact) mass is 447 g/mol. The van der Waals surface area contributed by atoms with E-state index in [0.29, 0.717) is 5.13 Å².